The van der Waals surface area contributed by atoms with Crippen LogP contribution in [0.3, 0.4) is 0 Å². The Morgan fingerprint density at radius 1 is 1.19 bits per heavy atom. The van der Waals surface area contributed by atoms with E-state index in [1.165, 1.54) is 0 Å². The molecule has 1 N–H and O–H groups in total. The van der Waals surface area contributed by atoms with Crippen LogP contribution in [0.5, 0.6) is 0 Å². The van der Waals surface area contributed by atoms with Gasteiger partial charge in [-0.15, -0.1) is 11.8 Å². The van der Waals surface area contributed by atoms with Crippen molar-refractivity contribution in [3.63, 3.8) is 0 Å². The molecule has 112 valence electrons. The number of thioether (sulfide) groups is 1. The molecule has 21 heavy (non-hydrogen) atoms. The van der Waals surface area contributed by atoms with E-state index in [1.807, 2.05) is 0 Å². The lowest BCUT2D eigenvalue weighted by molar-refractivity contribution is -0.137. The Kier molecular flexibility index (Phi) is 3.95. The lowest BCUT2D eigenvalue weighted by Crippen LogP contribution is -2.43. The molecule has 0 unspecified atom stereocenters. The third-order valence-corrected chi connectivity index (χ3v) is 3.65. The van der Waals surface area contributed by atoms with Crippen LogP contribution < -0.4 is 4.90 Å². The number of benzene rings is 1. The Bertz CT molecular complexity index is 613. The Hall–Kier alpha value is -2.03. The first-order valence-corrected chi connectivity index (χ1v) is 6.75. The maximum absolute atomic E-state index is 12.6. The van der Waals surface area contributed by atoms with Crippen LogP contribution in [0.4, 0.5) is 18.9 Å². The summed E-state index contributed by atoms with van der Waals surface area (Å²) in [6, 6.07) is 1.89. The highest BCUT2D eigenvalue weighted by Gasteiger charge is 2.35. The Labute approximate surface area is 120 Å². The number of hydrogen-bond donors (Lipinski definition) is 1. The predicted octanol–water partition coefficient (Wildman–Crippen LogP) is 2.01. The van der Waals surface area contributed by atoms with Crippen molar-refractivity contribution in [3.05, 3.63) is 29.3 Å². The number of carbonyl (C=O) groups is 3. The second-order valence-electron chi connectivity index (χ2n) is 4.15. The van der Waals surface area contributed by atoms with Gasteiger partial charge in [0.2, 0.25) is 11.8 Å². The second kappa shape index (κ2) is 5.40. The van der Waals surface area contributed by atoms with Gasteiger partial charge in [0, 0.05) is 0 Å². The monoisotopic (exact) mass is 319 g/mol. The molecule has 1 saturated heterocycles. The first-order valence-electron chi connectivity index (χ1n) is 5.60. The lowest BCUT2D eigenvalue weighted by atomic mass is 10.1. The maximum atomic E-state index is 12.6. The minimum Gasteiger partial charge on any atom is -0.478 e. The predicted molar refractivity (Wildman–Crippen MR) is 68.2 cm³/mol. The number of halogens is 3. The molecule has 0 spiro atoms. The molecule has 2 rings (SSSR count). The molecular weight excluding hydrogens is 311 g/mol. The topological polar surface area (TPSA) is 74.7 Å². The van der Waals surface area contributed by atoms with E-state index < -0.39 is 35.1 Å². The van der Waals surface area contributed by atoms with Crippen molar-refractivity contribution in [1.82, 2.24) is 0 Å². The summed E-state index contributed by atoms with van der Waals surface area (Å²) in [6.45, 7) is 0. The Morgan fingerprint density at radius 3 is 2.24 bits per heavy atom. The number of amides is 2. The van der Waals surface area contributed by atoms with Gasteiger partial charge in [-0.2, -0.15) is 13.2 Å². The molecule has 9 heteroatoms. The van der Waals surface area contributed by atoms with Gasteiger partial charge in [-0.25, -0.2) is 9.69 Å². The van der Waals surface area contributed by atoms with Crippen molar-refractivity contribution in [2.24, 2.45) is 0 Å². The fourth-order valence-electron chi connectivity index (χ4n) is 1.84. The van der Waals surface area contributed by atoms with Gasteiger partial charge in [-0.3, -0.25) is 9.59 Å². The quantitative estimate of drug-likeness (QED) is 0.844. The number of nitrogens with zero attached hydrogens (tertiary/aromatic N) is 1. The molecule has 1 aliphatic heterocycles. The highest BCUT2D eigenvalue weighted by atomic mass is 32.2. The number of rotatable bonds is 2. The summed E-state index contributed by atoms with van der Waals surface area (Å²) in [5.74, 6) is -3.02. The average Bonchev–Trinajstić information content (AvgIpc) is 2.37. The van der Waals surface area contributed by atoms with Crippen molar-refractivity contribution >= 4 is 35.2 Å². The highest BCUT2D eigenvalue weighted by Crippen LogP contribution is 2.34. The normalized spacial score (nSPS) is 16.2. The zero-order valence-electron chi connectivity index (χ0n) is 10.3. The summed E-state index contributed by atoms with van der Waals surface area (Å²) in [5.41, 5.74) is -2.24. The number of carboxylic acids is 1. The SMILES string of the molecule is O=C(O)c1cc(C(F)(F)F)ccc1N1C(=O)CSCC1=O. The maximum Gasteiger partial charge on any atom is 0.416 e. The van der Waals surface area contributed by atoms with E-state index in [0.717, 1.165) is 17.8 Å². The van der Waals surface area contributed by atoms with E-state index in [2.05, 4.69) is 0 Å². The van der Waals surface area contributed by atoms with Crippen molar-refractivity contribution < 1.29 is 32.7 Å². The number of imide groups is 1. The van der Waals surface area contributed by atoms with E-state index in [1.54, 1.807) is 0 Å². The first kappa shape index (κ1) is 15.4. The average molecular weight is 319 g/mol. The molecule has 0 bridgehead atoms. The van der Waals surface area contributed by atoms with Gasteiger partial charge in [-0.05, 0) is 18.2 Å². The van der Waals surface area contributed by atoms with Crippen LogP contribution in [0.2, 0.25) is 0 Å². The number of alkyl halides is 3. The van der Waals surface area contributed by atoms with Crippen LogP contribution in [0.1, 0.15) is 15.9 Å². The number of carboxylic acid groups (broad SMARTS) is 1. The summed E-state index contributed by atoms with van der Waals surface area (Å²) in [7, 11) is 0. The largest absolute Gasteiger partial charge is 0.478 e. The zero-order valence-corrected chi connectivity index (χ0v) is 11.1. The van der Waals surface area contributed by atoms with E-state index in [9.17, 15) is 27.6 Å². The summed E-state index contributed by atoms with van der Waals surface area (Å²) < 4.78 is 37.8. The number of aromatic carboxylic acids is 1. The van der Waals surface area contributed by atoms with E-state index in [-0.39, 0.29) is 17.2 Å². The minimum absolute atomic E-state index is 0.0359. The van der Waals surface area contributed by atoms with Crippen LogP contribution in [0.15, 0.2) is 18.2 Å². The molecule has 1 fully saturated rings. The van der Waals surface area contributed by atoms with Gasteiger partial charge in [0.1, 0.15) is 0 Å². The van der Waals surface area contributed by atoms with Gasteiger partial charge in [-0.1, -0.05) is 0 Å². The van der Waals surface area contributed by atoms with E-state index >= 15 is 0 Å². The van der Waals surface area contributed by atoms with Crippen molar-refractivity contribution in [3.8, 4) is 0 Å². The van der Waals surface area contributed by atoms with Crippen LogP contribution in [0, 0.1) is 0 Å². The molecular formula is C12H8F3NO4S. The molecule has 1 aliphatic rings. The Morgan fingerprint density at radius 2 is 1.76 bits per heavy atom. The van der Waals surface area contributed by atoms with E-state index in [0.29, 0.717) is 17.0 Å². The van der Waals surface area contributed by atoms with Gasteiger partial charge in [0.05, 0.1) is 28.3 Å². The van der Waals surface area contributed by atoms with Crippen LogP contribution in [0.25, 0.3) is 0 Å². The molecule has 5 nitrogen and oxygen atoms in total. The summed E-state index contributed by atoms with van der Waals surface area (Å²) >= 11 is 1.06. The smallest absolute Gasteiger partial charge is 0.416 e. The van der Waals surface area contributed by atoms with E-state index in [4.69, 9.17) is 5.11 Å². The third-order valence-electron chi connectivity index (χ3n) is 2.75. The van der Waals surface area contributed by atoms with Gasteiger partial charge in [0.15, 0.2) is 0 Å². The van der Waals surface area contributed by atoms with Crippen LogP contribution >= 0.6 is 11.8 Å². The lowest BCUT2D eigenvalue weighted by Gasteiger charge is -2.26. The molecule has 0 aromatic heterocycles. The molecule has 0 atom stereocenters. The molecule has 0 saturated carbocycles. The molecule has 2 amide bonds. The zero-order chi connectivity index (χ0) is 15.8. The molecule has 1 aromatic carbocycles. The van der Waals surface area contributed by atoms with Crippen LogP contribution in [-0.4, -0.2) is 34.4 Å². The molecule has 1 aromatic rings. The van der Waals surface area contributed by atoms with Gasteiger partial charge < -0.3 is 5.11 Å². The minimum atomic E-state index is -4.71. The van der Waals surface area contributed by atoms with Crippen molar-refractivity contribution in [2.45, 2.75) is 6.18 Å². The van der Waals surface area contributed by atoms with Gasteiger partial charge >= 0.3 is 12.1 Å². The van der Waals surface area contributed by atoms with Crippen LogP contribution in [-0.2, 0) is 15.8 Å². The number of carbonyl (C=O) groups excluding carboxylic acids is 2. The first-order chi connectivity index (χ1) is 9.71. The summed E-state index contributed by atoms with van der Waals surface area (Å²) in [6.07, 6.45) is -4.71. The molecule has 0 radical (unpaired) electrons. The fourth-order valence-corrected chi connectivity index (χ4v) is 2.55. The van der Waals surface area contributed by atoms with Crippen molar-refractivity contribution in [1.29, 1.82) is 0 Å². The van der Waals surface area contributed by atoms with Gasteiger partial charge in [0.25, 0.3) is 0 Å². The molecule has 0 aliphatic carbocycles. The van der Waals surface area contributed by atoms with Crippen molar-refractivity contribution in [2.75, 3.05) is 16.4 Å². The third kappa shape index (κ3) is 3.02. The fraction of sp³-hybridized carbons (Fsp3) is 0.250. The number of hydrogen-bond acceptors (Lipinski definition) is 4. The standard InChI is InChI=1S/C12H8F3NO4S/c13-12(14,15)6-1-2-8(7(3-6)11(19)20)16-9(17)4-21-5-10(16)18/h1-3H,4-5H2,(H,19,20). The summed E-state index contributed by atoms with van der Waals surface area (Å²) in [5, 5.41) is 9.04. The highest BCUT2D eigenvalue weighted by molar-refractivity contribution is 8.00. The molecule has 1 heterocycles. The number of anilines is 1. The second-order valence-corrected chi connectivity index (χ2v) is 5.14. The Balaban J connectivity index is 2.55. The summed E-state index contributed by atoms with van der Waals surface area (Å²) in [4.78, 5) is 35.2.